The zero-order valence-electron chi connectivity index (χ0n) is 16.7. The van der Waals surface area contributed by atoms with Crippen molar-refractivity contribution in [3.8, 4) is 0 Å². The molecule has 30 heavy (non-hydrogen) atoms. The van der Waals surface area contributed by atoms with Gasteiger partial charge in [0, 0.05) is 37.9 Å². The van der Waals surface area contributed by atoms with Crippen molar-refractivity contribution in [2.45, 2.75) is 20.0 Å². The Balaban J connectivity index is 1.56. The highest BCUT2D eigenvalue weighted by Crippen LogP contribution is 2.30. The minimum absolute atomic E-state index is 0.0921. The Kier molecular flexibility index (Phi) is 5.69. The summed E-state index contributed by atoms with van der Waals surface area (Å²) >= 11 is 0. The highest BCUT2D eigenvalue weighted by atomic mass is 16.2. The number of hydrogen-bond acceptors (Lipinski definition) is 6. The third kappa shape index (κ3) is 4.14. The number of carbonyl (C=O) groups is 2. The van der Waals surface area contributed by atoms with E-state index in [1.165, 1.54) is 0 Å². The van der Waals surface area contributed by atoms with Crippen LogP contribution < -0.4 is 10.2 Å². The molecule has 3 aromatic heterocycles. The zero-order valence-corrected chi connectivity index (χ0v) is 16.7. The minimum atomic E-state index is -0.129. The summed E-state index contributed by atoms with van der Waals surface area (Å²) in [6.07, 6.45) is 6.83. The molecule has 154 valence electrons. The van der Waals surface area contributed by atoms with E-state index >= 15 is 0 Å². The predicted molar refractivity (Wildman–Crippen MR) is 112 cm³/mol. The fourth-order valence-electron chi connectivity index (χ4n) is 3.37. The second-order valence-corrected chi connectivity index (χ2v) is 6.90. The van der Waals surface area contributed by atoms with Crippen LogP contribution in [0.3, 0.4) is 0 Å². The van der Waals surface area contributed by atoms with Crippen molar-refractivity contribution < 1.29 is 9.59 Å². The van der Waals surface area contributed by atoms with Crippen LogP contribution in [0.2, 0.25) is 0 Å². The summed E-state index contributed by atoms with van der Waals surface area (Å²) in [4.78, 5) is 37.7. The van der Waals surface area contributed by atoms with Crippen molar-refractivity contribution in [1.29, 1.82) is 0 Å². The molecular weight excluding hydrogens is 382 g/mol. The van der Waals surface area contributed by atoms with Gasteiger partial charge >= 0.3 is 0 Å². The Hall–Kier alpha value is -3.75. The molecule has 0 saturated heterocycles. The van der Waals surface area contributed by atoms with Crippen LogP contribution in [0.1, 0.15) is 23.0 Å². The molecule has 0 unspecified atom stereocenters. The summed E-state index contributed by atoms with van der Waals surface area (Å²) in [6, 6.07) is 9.16. The number of nitrogens with one attached hydrogen (secondary N) is 1. The lowest BCUT2D eigenvalue weighted by molar-refractivity contribution is -0.117. The van der Waals surface area contributed by atoms with E-state index < -0.39 is 0 Å². The van der Waals surface area contributed by atoms with Gasteiger partial charge in [-0.3, -0.25) is 19.3 Å². The Morgan fingerprint density at radius 3 is 2.87 bits per heavy atom. The standard InChI is InChI=1S/C21H23N7O2/c1-2-26(10-11-27-9-5-8-25-27)21(30)16-12-18-20(23-13-16)24-14-19(29)28(18)15-17-6-3-4-7-22-17/h3-9,12-13H,2,10-11,14-15H2,1H3,(H,23,24). The summed E-state index contributed by atoms with van der Waals surface area (Å²) in [5.41, 5.74) is 1.80. The number of rotatable bonds is 7. The molecule has 2 amide bonds. The molecule has 0 aliphatic carbocycles. The quantitative estimate of drug-likeness (QED) is 0.644. The second-order valence-electron chi connectivity index (χ2n) is 6.90. The minimum Gasteiger partial charge on any atom is -0.359 e. The maximum absolute atomic E-state index is 13.1. The van der Waals surface area contributed by atoms with Gasteiger partial charge in [-0.1, -0.05) is 6.07 Å². The zero-order chi connectivity index (χ0) is 20.9. The van der Waals surface area contributed by atoms with Crippen molar-refractivity contribution in [1.82, 2.24) is 24.6 Å². The Morgan fingerprint density at radius 2 is 2.13 bits per heavy atom. The smallest absolute Gasteiger partial charge is 0.255 e. The Morgan fingerprint density at radius 1 is 1.23 bits per heavy atom. The van der Waals surface area contributed by atoms with Gasteiger partial charge in [0.15, 0.2) is 5.82 Å². The van der Waals surface area contributed by atoms with E-state index in [0.717, 1.165) is 5.69 Å². The van der Waals surface area contributed by atoms with Gasteiger partial charge < -0.3 is 15.1 Å². The summed E-state index contributed by atoms with van der Waals surface area (Å²) in [5, 5.41) is 7.20. The van der Waals surface area contributed by atoms with E-state index in [1.807, 2.05) is 37.4 Å². The number of carbonyl (C=O) groups excluding carboxylic acids is 2. The lowest BCUT2D eigenvalue weighted by Gasteiger charge is -2.30. The summed E-state index contributed by atoms with van der Waals surface area (Å²) < 4.78 is 1.79. The number of fused-ring (bicyclic) bond motifs is 1. The lowest BCUT2D eigenvalue weighted by atomic mass is 10.1. The van der Waals surface area contributed by atoms with Crippen LogP contribution in [-0.2, 0) is 17.9 Å². The molecule has 0 saturated carbocycles. The van der Waals surface area contributed by atoms with Crippen LogP contribution >= 0.6 is 0 Å². The molecule has 0 spiro atoms. The maximum atomic E-state index is 13.1. The van der Waals surface area contributed by atoms with Crippen molar-refractivity contribution in [2.75, 3.05) is 29.9 Å². The first kappa shape index (κ1) is 19.6. The monoisotopic (exact) mass is 405 g/mol. The number of aromatic nitrogens is 4. The molecule has 9 nitrogen and oxygen atoms in total. The van der Waals surface area contributed by atoms with Gasteiger partial charge in [-0.15, -0.1) is 0 Å². The molecule has 0 radical (unpaired) electrons. The van der Waals surface area contributed by atoms with Crippen molar-refractivity contribution >= 4 is 23.3 Å². The third-order valence-corrected chi connectivity index (χ3v) is 4.99. The van der Waals surface area contributed by atoms with Crippen LogP contribution in [0.25, 0.3) is 0 Å². The van der Waals surface area contributed by atoms with E-state index in [0.29, 0.717) is 43.2 Å². The summed E-state index contributed by atoms with van der Waals surface area (Å²) in [5.74, 6) is 0.364. The number of nitrogens with zero attached hydrogens (tertiary/aromatic N) is 6. The Labute approximate surface area is 174 Å². The number of pyridine rings is 2. The van der Waals surface area contributed by atoms with Gasteiger partial charge in [-0.25, -0.2) is 4.98 Å². The van der Waals surface area contributed by atoms with Gasteiger partial charge in [0.1, 0.15) is 0 Å². The molecule has 4 heterocycles. The van der Waals surface area contributed by atoms with E-state index in [4.69, 9.17) is 0 Å². The normalized spacial score (nSPS) is 13.0. The maximum Gasteiger partial charge on any atom is 0.255 e. The van der Waals surface area contributed by atoms with Gasteiger partial charge in [-0.2, -0.15) is 5.10 Å². The van der Waals surface area contributed by atoms with Crippen molar-refractivity contribution in [2.24, 2.45) is 0 Å². The highest BCUT2D eigenvalue weighted by Gasteiger charge is 2.27. The lowest BCUT2D eigenvalue weighted by Crippen LogP contribution is -2.40. The molecule has 3 aromatic rings. The largest absolute Gasteiger partial charge is 0.359 e. The first-order chi connectivity index (χ1) is 14.7. The summed E-state index contributed by atoms with van der Waals surface area (Å²) in [7, 11) is 0. The Bertz CT molecular complexity index is 1020. The SMILES string of the molecule is CCN(CCn1cccn1)C(=O)c1cnc2c(c1)N(Cc1ccccn1)C(=O)CN2. The van der Waals surface area contributed by atoms with Crippen molar-refractivity contribution in [3.63, 3.8) is 0 Å². The average Bonchev–Trinajstić information content (AvgIpc) is 3.30. The van der Waals surface area contributed by atoms with E-state index in [-0.39, 0.29) is 18.4 Å². The highest BCUT2D eigenvalue weighted by molar-refractivity contribution is 6.04. The van der Waals surface area contributed by atoms with Crippen LogP contribution in [-0.4, -0.2) is 56.1 Å². The van der Waals surface area contributed by atoms with Gasteiger partial charge in [0.25, 0.3) is 5.91 Å². The van der Waals surface area contributed by atoms with E-state index in [9.17, 15) is 9.59 Å². The first-order valence-corrected chi connectivity index (χ1v) is 9.86. The van der Waals surface area contributed by atoms with Gasteiger partial charge in [0.2, 0.25) is 5.91 Å². The number of amides is 2. The average molecular weight is 405 g/mol. The molecule has 0 atom stereocenters. The fourth-order valence-corrected chi connectivity index (χ4v) is 3.37. The molecular formula is C21H23N7O2. The fraction of sp³-hybridized carbons (Fsp3) is 0.286. The molecule has 1 N–H and O–H groups in total. The van der Waals surface area contributed by atoms with Crippen LogP contribution in [0.15, 0.2) is 55.1 Å². The number of hydrogen-bond donors (Lipinski definition) is 1. The van der Waals surface area contributed by atoms with Crippen LogP contribution in [0.5, 0.6) is 0 Å². The number of likely N-dealkylation sites (N-methyl/N-ethyl adjacent to an activating group) is 1. The van der Waals surface area contributed by atoms with E-state index in [2.05, 4.69) is 20.4 Å². The first-order valence-electron chi connectivity index (χ1n) is 9.86. The van der Waals surface area contributed by atoms with Crippen LogP contribution in [0.4, 0.5) is 11.5 Å². The molecule has 1 aliphatic heterocycles. The topological polar surface area (TPSA) is 96.2 Å². The van der Waals surface area contributed by atoms with Gasteiger partial charge in [0.05, 0.1) is 36.6 Å². The molecule has 0 bridgehead atoms. The van der Waals surface area contributed by atoms with Crippen molar-refractivity contribution in [3.05, 3.63) is 66.4 Å². The molecule has 4 rings (SSSR count). The van der Waals surface area contributed by atoms with E-state index in [1.54, 1.807) is 39.1 Å². The molecule has 9 heteroatoms. The molecule has 0 fully saturated rings. The molecule has 1 aliphatic rings. The third-order valence-electron chi connectivity index (χ3n) is 4.99. The predicted octanol–water partition coefficient (Wildman–Crippen LogP) is 1.79. The van der Waals surface area contributed by atoms with Gasteiger partial charge in [-0.05, 0) is 31.2 Å². The van der Waals surface area contributed by atoms with Crippen LogP contribution in [0, 0.1) is 0 Å². The molecule has 0 aromatic carbocycles. The number of anilines is 2. The summed E-state index contributed by atoms with van der Waals surface area (Å²) in [6.45, 7) is 4.12. The second kappa shape index (κ2) is 8.73.